The Bertz CT molecular complexity index is 321. The normalized spacial score (nSPS) is 23.2. The number of nitrogens with one attached hydrogen (secondary N) is 1. The Balaban J connectivity index is 2.11. The molecule has 2 rings (SSSR count). The van der Waals surface area contributed by atoms with Crippen LogP contribution in [0.25, 0.3) is 0 Å². The molecule has 0 amide bonds. The number of methoxy groups -OCH3 is 1. The smallest absolute Gasteiger partial charge is 0.111 e. The minimum Gasteiger partial charge on any atom is -0.383 e. The average Bonchev–Trinajstić information content (AvgIpc) is 2.79. The van der Waals surface area contributed by atoms with Crippen molar-refractivity contribution >= 4 is 0 Å². The van der Waals surface area contributed by atoms with Crippen molar-refractivity contribution in [3.8, 4) is 0 Å². The van der Waals surface area contributed by atoms with Gasteiger partial charge in [-0.25, -0.2) is 4.98 Å². The number of rotatable bonds is 4. The summed E-state index contributed by atoms with van der Waals surface area (Å²) in [6.07, 6.45) is 3.83. The fourth-order valence-electron chi connectivity index (χ4n) is 2.01. The van der Waals surface area contributed by atoms with Crippen LogP contribution < -0.4 is 5.32 Å². The van der Waals surface area contributed by atoms with Crippen LogP contribution in [0.2, 0.25) is 0 Å². The van der Waals surface area contributed by atoms with Crippen LogP contribution in [-0.4, -0.2) is 43.0 Å². The lowest BCUT2D eigenvalue weighted by atomic mass is 10.2. The monoisotopic (exact) mass is 225 g/mol. The highest BCUT2D eigenvalue weighted by atomic mass is 16.5. The van der Waals surface area contributed by atoms with Crippen LogP contribution in [0, 0.1) is 0 Å². The molecule has 2 atom stereocenters. The minimum absolute atomic E-state index is 0.107. The van der Waals surface area contributed by atoms with Gasteiger partial charge >= 0.3 is 0 Å². The molecule has 2 heterocycles. The van der Waals surface area contributed by atoms with E-state index in [0.29, 0.717) is 6.61 Å². The number of nitrogens with zero attached hydrogens (tertiary/aromatic N) is 2. The van der Waals surface area contributed by atoms with Gasteiger partial charge in [0.25, 0.3) is 0 Å². The van der Waals surface area contributed by atoms with Crippen LogP contribution in [0.15, 0.2) is 12.5 Å². The van der Waals surface area contributed by atoms with Crippen molar-refractivity contribution in [1.82, 2.24) is 14.9 Å². The highest BCUT2D eigenvalue weighted by Gasteiger charge is 2.21. The largest absolute Gasteiger partial charge is 0.383 e. The summed E-state index contributed by atoms with van der Waals surface area (Å²) in [5, 5.41) is 3.32. The molecule has 2 unspecified atom stereocenters. The van der Waals surface area contributed by atoms with Crippen LogP contribution >= 0.6 is 0 Å². The van der Waals surface area contributed by atoms with Gasteiger partial charge in [0.15, 0.2) is 0 Å². The third-order valence-corrected chi connectivity index (χ3v) is 2.84. The first kappa shape index (κ1) is 11.6. The number of morpholine rings is 1. The number of hydrogen-bond acceptors (Lipinski definition) is 4. The van der Waals surface area contributed by atoms with E-state index < -0.39 is 0 Å². The Morgan fingerprint density at radius 2 is 2.62 bits per heavy atom. The summed E-state index contributed by atoms with van der Waals surface area (Å²) in [4.78, 5) is 4.20. The average molecular weight is 225 g/mol. The maximum absolute atomic E-state index is 5.73. The summed E-state index contributed by atoms with van der Waals surface area (Å²) in [6.45, 7) is 5.34. The summed E-state index contributed by atoms with van der Waals surface area (Å²) in [6, 6.07) is 0.285. The molecule has 5 heteroatoms. The molecule has 0 radical (unpaired) electrons. The second-order valence-corrected chi connectivity index (χ2v) is 4.09. The first-order valence-electron chi connectivity index (χ1n) is 5.66. The number of ether oxygens (including phenoxy) is 2. The molecule has 0 aliphatic carbocycles. The molecule has 1 aliphatic heterocycles. The van der Waals surface area contributed by atoms with Gasteiger partial charge in [0, 0.05) is 20.2 Å². The van der Waals surface area contributed by atoms with Crippen LogP contribution in [0.5, 0.6) is 0 Å². The van der Waals surface area contributed by atoms with E-state index in [0.717, 1.165) is 25.4 Å². The van der Waals surface area contributed by atoms with Gasteiger partial charge in [-0.3, -0.25) is 0 Å². The summed E-state index contributed by atoms with van der Waals surface area (Å²) < 4.78 is 13.0. The van der Waals surface area contributed by atoms with Crippen molar-refractivity contribution in [3.63, 3.8) is 0 Å². The van der Waals surface area contributed by atoms with Gasteiger partial charge in [0.2, 0.25) is 0 Å². The van der Waals surface area contributed by atoms with Gasteiger partial charge in [0.1, 0.15) is 6.10 Å². The summed E-state index contributed by atoms with van der Waals surface area (Å²) in [5.74, 6) is 0. The van der Waals surface area contributed by atoms with Crippen LogP contribution in [-0.2, 0) is 9.47 Å². The molecule has 1 aliphatic rings. The summed E-state index contributed by atoms with van der Waals surface area (Å²) >= 11 is 0. The van der Waals surface area contributed by atoms with E-state index in [1.807, 2.05) is 12.5 Å². The molecular formula is C11H19N3O2. The predicted molar refractivity (Wildman–Crippen MR) is 60.4 cm³/mol. The molecule has 1 fully saturated rings. The van der Waals surface area contributed by atoms with Crippen LogP contribution in [0.3, 0.4) is 0 Å². The first-order chi connectivity index (χ1) is 7.83. The van der Waals surface area contributed by atoms with Gasteiger partial charge in [-0.05, 0) is 6.92 Å². The van der Waals surface area contributed by atoms with Crippen molar-refractivity contribution in [1.29, 1.82) is 0 Å². The lowest BCUT2D eigenvalue weighted by molar-refractivity contribution is 0.0209. The molecule has 0 spiro atoms. The van der Waals surface area contributed by atoms with Gasteiger partial charge in [-0.1, -0.05) is 0 Å². The molecule has 1 N–H and O–H groups in total. The SMILES string of the molecule is COCC(C)n1cncc1C1CNCCO1. The maximum atomic E-state index is 5.73. The van der Waals surface area contributed by atoms with Crippen LogP contribution in [0.1, 0.15) is 24.8 Å². The van der Waals surface area contributed by atoms with Crippen molar-refractivity contribution in [2.75, 3.05) is 33.4 Å². The zero-order chi connectivity index (χ0) is 11.4. The van der Waals surface area contributed by atoms with Crippen LogP contribution in [0.4, 0.5) is 0 Å². The molecule has 5 nitrogen and oxygen atoms in total. The molecule has 1 aromatic rings. The first-order valence-corrected chi connectivity index (χ1v) is 5.66. The van der Waals surface area contributed by atoms with Gasteiger partial charge in [0.05, 0.1) is 37.5 Å². The van der Waals surface area contributed by atoms with Crippen molar-refractivity contribution in [2.24, 2.45) is 0 Å². The van der Waals surface area contributed by atoms with E-state index in [1.54, 1.807) is 7.11 Å². The molecule has 1 saturated heterocycles. The Kier molecular flexibility index (Phi) is 3.93. The Morgan fingerprint density at radius 1 is 1.75 bits per heavy atom. The van der Waals surface area contributed by atoms with E-state index >= 15 is 0 Å². The maximum Gasteiger partial charge on any atom is 0.111 e. The van der Waals surface area contributed by atoms with Crippen molar-refractivity contribution < 1.29 is 9.47 Å². The topological polar surface area (TPSA) is 48.3 Å². The number of imidazole rings is 1. The second-order valence-electron chi connectivity index (χ2n) is 4.09. The minimum atomic E-state index is 0.107. The fourth-order valence-corrected chi connectivity index (χ4v) is 2.01. The van der Waals surface area contributed by atoms with E-state index in [1.165, 1.54) is 0 Å². The third-order valence-electron chi connectivity index (χ3n) is 2.84. The third kappa shape index (κ3) is 2.42. The molecule has 0 aromatic carbocycles. The lowest BCUT2D eigenvalue weighted by Gasteiger charge is -2.26. The fraction of sp³-hybridized carbons (Fsp3) is 0.727. The van der Waals surface area contributed by atoms with E-state index in [2.05, 4.69) is 21.8 Å². The molecule has 90 valence electrons. The molecule has 0 saturated carbocycles. The van der Waals surface area contributed by atoms with E-state index in [9.17, 15) is 0 Å². The quantitative estimate of drug-likeness (QED) is 0.821. The molecule has 16 heavy (non-hydrogen) atoms. The zero-order valence-corrected chi connectivity index (χ0v) is 9.85. The highest BCUT2D eigenvalue weighted by Crippen LogP contribution is 2.21. The Labute approximate surface area is 95.8 Å². The number of aromatic nitrogens is 2. The van der Waals surface area contributed by atoms with E-state index in [-0.39, 0.29) is 12.1 Å². The van der Waals surface area contributed by atoms with E-state index in [4.69, 9.17) is 9.47 Å². The lowest BCUT2D eigenvalue weighted by Crippen LogP contribution is -2.34. The second kappa shape index (κ2) is 5.43. The molecule has 0 bridgehead atoms. The summed E-state index contributed by atoms with van der Waals surface area (Å²) in [5.41, 5.74) is 1.12. The van der Waals surface area contributed by atoms with Gasteiger partial charge in [-0.2, -0.15) is 0 Å². The van der Waals surface area contributed by atoms with Gasteiger partial charge < -0.3 is 19.4 Å². The highest BCUT2D eigenvalue weighted by molar-refractivity contribution is 5.06. The molecular weight excluding hydrogens is 206 g/mol. The molecule has 1 aromatic heterocycles. The van der Waals surface area contributed by atoms with Gasteiger partial charge in [-0.15, -0.1) is 0 Å². The predicted octanol–water partition coefficient (Wildman–Crippen LogP) is 0.751. The van der Waals surface area contributed by atoms with Crippen molar-refractivity contribution in [2.45, 2.75) is 19.1 Å². The Morgan fingerprint density at radius 3 is 3.31 bits per heavy atom. The Hall–Kier alpha value is -0.910. The standard InChI is InChI=1S/C11H19N3O2/c1-9(7-15-2)14-8-13-5-10(14)11-6-12-3-4-16-11/h5,8-9,11-12H,3-4,6-7H2,1-2H3. The van der Waals surface area contributed by atoms with Crippen molar-refractivity contribution in [3.05, 3.63) is 18.2 Å². The zero-order valence-electron chi connectivity index (χ0n) is 9.85. The summed E-state index contributed by atoms with van der Waals surface area (Å²) in [7, 11) is 1.71. The number of hydrogen-bond donors (Lipinski definition) is 1.